The first-order valence-corrected chi connectivity index (χ1v) is 7.42. The van der Waals surface area contributed by atoms with Crippen LogP contribution in [-0.2, 0) is 6.54 Å². The van der Waals surface area contributed by atoms with Gasteiger partial charge in [-0.05, 0) is 46.6 Å². The topological polar surface area (TPSA) is 12.0 Å². The standard InChI is InChI=1S/C13H13BrClNS/c1-9(15)11-4-2-3-5-12(11)16-8-10-6-7-13(14)17-10/h2-7,9,16H,8H2,1H3. The number of benzene rings is 1. The fourth-order valence-corrected chi connectivity index (χ4v) is 3.25. The molecule has 2 aromatic rings. The largest absolute Gasteiger partial charge is 0.380 e. The van der Waals surface area contributed by atoms with Crippen molar-refractivity contribution in [2.75, 3.05) is 5.32 Å². The predicted molar refractivity (Wildman–Crippen MR) is 80.1 cm³/mol. The molecule has 17 heavy (non-hydrogen) atoms. The van der Waals surface area contributed by atoms with Crippen molar-refractivity contribution in [3.05, 3.63) is 50.6 Å². The maximum Gasteiger partial charge on any atom is 0.0702 e. The third kappa shape index (κ3) is 3.47. The van der Waals surface area contributed by atoms with Gasteiger partial charge in [-0.2, -0.15) is 0 Å². The highest BCUT2D eigenvalue weighted by Crippen LogP contribution is 2.28. The van der Waals surface area contributed by atoms with E-state index in [1.54, 1.807) is 11.3 Å². The van der Waals surface area contributed by atoms with Crippen molar-refractivity contribution >= 4 is 44.6 Å². The molecule has 2 rings (SSSR count). The van der Waals surface area contributed by atoms with Crippen LogP contribution < -0.4 is 5.32 Å². The van der Waals surface area contributed by atoms with E-state index in [0.29, 0.717) is 0 Å². The molecule has 1 aromatic carbocycles. The summed E-state index contributed by atoms with van der Waals surface area (Å²) in [5.41, 5.74) is 2.25. The summed E-state index contributed by atoms with van der Waals surface area (Å²) >= 11 is 11.4. The van der Waals surface area contributed by atoms with E-state index in [9.17, 15) is 0 Å². The van der Waals surface area contributed by atoms with Crippen LogP contribution in [0.25, 0.3) is 0 Å². The molecular formula is C13H13BrClNS. The Hall–Kier alpha value is -0.510. The Balaban J connectivity index is 2.08. The predicted octanol–water partition coefficient (Wildman–Crippen LogP) is 5.42. The second kappa shape index (κ2) is 5.89. The lowest BCUT2D eigenvalue weighted by Crippen LogP contribution is -2.01. The molecule has 1 atom stereocenters. The lowest BCUT2D eigenvalue weighted by molar-refractivity contribution is 1.07. The van der Waals surface area contributed by atoms with Crippen LogP contribution in [0.5, 0.6) is 0 Å². The number of hydrogen-bond donors (Lipinski definition) is 1. The fourth-order valence-electron chi connectivity index (χ4n) is 1.63. The molecule has 4 heteroatoms. The number of nitrogens with one attached hydrogen (secondary N) is 1. The normalized spacial score (nSPS) is 12.4. The van der Waals surface area contributed by atoms with Crippen LogP contribution in [0.4, 0.5) is 5.69 Å². The van der Waals surface area contributed by atoms with E-state index in [2.05, 4.69) is 45.5 Å². The molecular weight excluding hydrogens is 318 g/mol. The van der Waals surface area contributed by atoms with Gasteiger partial charge >= 0.3 is 0 Å². The molecule has 0 fully saturated rings. The Kier molecular flexibility index (Phi) is 4.48. The molecule has 1 aromatic heterocycles. The van der Waals surface area contributed by atoms with Gasteiger partial charge in [0.15, 0.2) is 0 Å². The monoisotopic (exact) mass is 329 g/mol. The highest BCUT2D eigenvalue weighted by molar-refractivity contribution is 9.11. The molecule has 1 unspecified atom stereocenters. The second-order valence-electron chi connectivity index (χ2n) is 3.76. The van der Waals surface area contributed by atoms with Crippen molar-refractivity contribution < 1.29 is 0 Å². The maximum atomic E-state index is 6.15. The highest BCUT2D eigenvalue weighted by Gasteiger charge is 2.07. The first kappa shape index (κ1) is 12.9. The van der Waals surface area contributed by atoms with Gasteiger partial charge in [-0.3, -0.25) is 0 Å². The summed E-state index contributed by atoms with van der Waals surface area (Å²) in [6.45, 7) is 2.82. The van der Waals surface area contributed by atoms with Gasteiger partial charge in [0, 0.05) is 17.1 Å². The number of halogens is 2. The van der Waals surface area contributed by atoms with Crippen LogP contribution >= 0.6 is 38.9 Å². The van der Waals surface area contributed by atoms with Crippen molar-refractivity contribution in [1.29, 1.82) is 0 Å². The summed E-state index contributed by atoms with van der Waals surface area (Å²) in [7, 11) is 0. The molecule has 0 aliphatic carbocycles. The number of thiophene rings is 1. The summed E-state index contributed by atoms with van der Waals surface area (Å²) in [6.07, 6.45) is 0. The SMILES string of the molecule is CC(Cl)c1ccccc1NCc1ccc(Br)s1. The van der Waals surface area contributed by atoms with Crippen molar-refractivity contribution in [3.8, 4) is 0 Å². The van der Waals surface area contributed by atoms with Crippen LogP contribution in [0.1, 0.15) is 22.7 Å². The lowest BCUT2D eigenvalue weighted by atomic mass is 10.1. The molecule has 0 saturated heterocycles. The third-order valence-corrected chi connectivity index (χ3v) is 4.33. The van der Waals surface area contributed by atoms with Gasteiger partial charge in [-0.15, -0.1) is 22.9 Å². The number of para-hydroxylation sites is 1. The summed E-state index contributed by atoms with van der Waals surface area (Å²) in [6, 6.07) is 12.4. The summed E-state index contributed by atoms with van der Waals surface area (Å²) < 4.78 is 1.16. The molecule has 0 bridgehead atoms. The van der Waals surface area contributed by atoms with Gasteiger partial charge in [0.05, 0.1) is 9.16 Å². The van der Waals surface area contributed by atoms with Gasteiger partial charge in [0.2, 0.25) is 0 Å². The Morgan fingerprint density at radius 3 is 2.71 bits per heavy atom. The van der Waals surface area contributed by atoms with E-state index in [1.807, 2.05) is 19.1 Å². The molecule has 0 amide bonds. The summed E-state index contributed by atoms with van der Waals surface area (Å²) in [5.74, 6) is 0. The number of hydrogen-bond acceptors (Lipinski definition) is 2. The van der Waals surface area contributed by atoms with Gasteiger partial charge < -0.3 is 5.32 Å². The van der Waals surface area contributed by atoms with Gasteiger partial charge in [-0.25, -0.2) is 0 Å². The van der Waals surface area contributed by atoms with Gasteiger partial charge in [-0.1, -0.05) is 18.2 Å². The average molecular weight is 331 g/mol. The fraction of sp³-hybridized carbons (Fsp3) is 0.231. The third-order valence-electron chi connectivity index (χ3n) is 2.47. The number of alkyl halides is 1. The van der Waals surface area contributed by atoms with Crippen molar-refractivity contribution in [1.82, 2.24) is 0 Å². The minimum absolute atomic E-state index is 0.0220. The van der Waals surface area contributed by atoms with E-state index in [0.717, 1.165) is 21.6 Å². The van der Waals surface area contributed by atoms with Crippen LogP contribution in [0, 0.1) is 0 Å². The van der Waals surface area contributed by atoms with Gasteiger partial charge in [0.1, 0.15) is 0 Å². The van der Waals surface area contributed by atoms with Crippen LogP contribution in [0.2, 0.25) is 0 Å². The smallest absolute Gasteiger partial charge is 0.0702 e. The maximum absolute atomic E-state index is 6.15. The second-order valence-corrected chi connectivity index (χ2v) is 6.96. The van der Waals surface area contributed by atoms with Crippen molar-refractivity contribution in [2.24, 2.45) is 0 Å². The first-order chi connectivity index (χ1) is 8.16. The molecule has 1 heterocycles. The molecule has 90 valence electrons. The Labute approximate surface area is 119 Å². The zero-order valence-corrected chi connectivity index (χ0v) is 12.6. The molecule has 0 saturated carbocycles. The lowest BCUT2D eigenvalue weighted by Gasteiger charge is -2.12. The van der Waals surface area contributed by atoms with E-state index in [-0.39, 0.29) is 5.38 Å². The zero-order chi connectivity index (χ0) is 12.3. The molecule has 0 aliphatic rings. The zero-order valence-electron chi connectivity index (χ0n) is 9.41. The first-order valence-electron chi connectivity index (χ1n) is 5.38. The minimum atomic E-state index is 0.0220. The summed E-state index contributed by atoms with van der Waals surface area (Å²) in [5, 5.41) is 3.45. The van der Waals surface area contributed by atoms with Crippen molar-refractivity contribution in [2.45, 2.75) is 18.8 Å². The molecule has 1 nitrogen and oxygen atoms in total. The quantitative estimate of drug-likeness (QED) is 0.738. The number of rotatable bonds is 4. The highest BCUT2D eigenvalue weighted by atomic mass is 79.9. The molecule has 1 N–H and O–H groups in total. The van der Waals surface area contributed by atoms with Crippen molar-refractivity contribution in [3.63, 3.8) is 0 Å². The Bertz CT molecular complexity index is 496. The molecule has 0 radical (unpaired) electrons. The molecule has 0 spiro atoms. The number of anilines is 1. The van der Waals surface area contributed by atoms with E-state index in [4.69, 9.17) is 11.6 Å². The Morgan fingerprint density at radius 2 is 2.06 bits per heavy atom. The average Bonchev–Trinajstić information content (AvgIpc) is 2.73. The summed E-state index contributed by atoms with van der Waals surface area (Å²) in [4.78, 5) is 1.30. The van der Waals surface area contributed by atoms with E-state index >= 15 is 0 Å². The van der Waals surface area contributed by atoms with Crippen LogP contribution in [0.3, 0.4) is 0 Å². The minimum Gasteiger partial charge on any atom is -0.380 e. The van der Waals surface area contributed by atoms with Crippen LogP contribution in [-0.4, -0.2) is 0 Å². The van der Waals surface area contributed by atoms with Gasteiger partial charge in [0.25, 0.3) is 0 Å². The molecule has 0 aliphatic heterocycles. The van der Waals surface area contributed by atoms with E-state index in [1.165, 1.54) is 4.88 Å². The Morgan fingerprint density at radius 1 is 1.29 bits per heavy atom. The van der Waals surface area contributed by atoms with E-state index < -0.39 is 0 Å². The van der Waals surface area contributed by atoms with Crippen LogP contribution in [0.15, 0.2) is 40.2 Å².